The minimum Gasteiger partial charge on any atom is -0.388 e. The molecule has 0 aromatic heterocycles. The molecular formula is C15H20N2O4. The summed E-state index contributed by atoms with van der Waals surface area (Å²) in [5, 5.41) is 23.5. The molecule has 0 bridgehead atoms. The first-order valence-electron chi connectivity index (χ1n) is 6.83. The lowest BCUT2D eigenvalue weighted by Crippen LogP contribution is -2.41. The van der Waals surface area contributed by atoms with Crippen LogP contribution < -0.4 is 5.32 Å². The average molecular weight is 292 g/mol. The van der Waals surface area contributed by atoms with E-state index in [-0.39, 0.29) is 12.2 Å². The summed E-state index contributed by atoms with van der Waals surface area (Å²) in [7, 11) is 0. The highest BCUT2D eigenvalue weighted by Gasteiger charge is 2.22. The lowest BCUT2D eigenvalue weighted by molar-refractivity contribution is -0.385. The topological polar surface area (TPSA) is 92.5 Å². The number of amides is 1. The third-order valence-electron chi connectivity index (χ3n) is 3.46. The van der Waals surface area contributed by atoms with E-state index in [1.54, 1.807) is 18.2 Å². The second-order valence-electron chi connectivity index (χ2n) is 4.80. The van der Waals surface area contributed by atoms with E-state index in [4.69, 9.17) is 0 Å². The third-order valence-corrected chi connectivity index (χ3v) is 3.46. The van der Waals surface area contributed by atoms with Crippen molar-refractivity contribution in [2.45, 2.75) is 32.3 Å². The van der Waals surface area contributed by atoms with Gasteiger partial charge < -0.3 is 10.4 Å². The van der Waals surface area contributed by atoms with E-state index >= 15 is 0 Å². The number of nitro groups is 1. The van der Waals surface area contributed by atoms with E-state index in [1.807, 2.05) is 13.8 Å². The molecule has 6 nitrogen and oxygen atoms in total. The maximum Gasteiger partial charge on any atom is 0.276 e. The summed E-state index contributed by atoms with van der Waals surface area (Å²) in [4.78, 5) is 22.0. The number of hydrogen-bond acceptors (Lipinski definition) is 4. The van der Waals surface area contributed by atoms with Gasteiger partial charge in [0.2, 0.25) is 5.91 Å². The van der Waals surface area contributed by atoms with Crippen LogP contribution in [0.5, 0.6) is 0 Å². The lowest BCUT2D eigenvalue weighted by Gasteiger charge is -2.24. The fourth-order valence-corrected chi connectivity index (χ4v) is 1.77. The van der Waals surface area contributed by atoms with Crippen LogP contribution >= 0.6 is 0 Å². The summed E-state index contributed by atoms with van der Waals surface area (Å²) in [5.74, 6) is -0.395. The molecule has 0 aliphatic heterocycles. The Hall–Kier alpha value is -2.21. The van der Waals surface area contributed by atoms with Crippen molar-refractivity contribution in [3.05, 3.63) is 46.0 Å². The molecule has 21 heavy (non-hydrogen) atoms. The summed E-state index contributed by atoms with van der Waals surface area (Å²) in [6.45, 7) is 3.84. The molecule has 2 N–H and O–H groups in total. The Bertz CT molecular complexity index is 536. The highest BCUT2D eigenvalue weighted by atomic mass is 16.6. The zero-order valence-electron chi connectivity index (χ0n) is 12.2. The van der Waals surface area contributed by atoms with E-state index in [1.165, 1.54) is 18.2 Å². The number of rotatable bonds is 7. The van der Waals surface area contributed by atoms with Gasteiger partial charge >= 0.3 is 0 Å². The number of carbonyl (C=O) groups is 1. The quantitative estimate of drug-likeness (QED) is 0.458. The summed E-state index contributed by atoms with van der Waals surface area (Å²) < 4.78 is 0. The molecule has 0 fully saturated rings. The minimum atomic E-state index is -0.914. The molecule has 1 aromatic rings. The van der Waals surface area contributed by atoms with Crippen molar-refractivity contribution in [2.75, 3.05) is 6.54 Å². The molecule has 0 saturated heterocycles. The minimum absolute atomic E-state index is 0.0554. The van der Waals surface area contributed by atoms with Crippen molar-refractivity contribution in [2.24, 2.45) is 0 Å². The molecule has 0 unspecified atom stereocenters. The van der Waals surface area contributed by atoms with Gasteiger partial charge in [-0.2, -0.15) is 0 Å². The zero-order chi connectivity index (χ0) is 15.9. The van der Waals surface area contributed by atoms with Crippen molar-refractivity contribution < 1.29 is 14.8 Å². The smallest absolute Gasteiger partial charge is 0.276 e. The number of nitrogens with zero attached hydrogens (tertiary/aromatic N) is 1. The van der Waals surface area contributed by atoms with Gasteiger partial charge in [0.15, 0.2) is 0 Å². The highest BCUT2D eigenvalue weighted by Crippen LogP contribution is 2.18. The molecule has 0 aliphatic carbocycles. The number of carbonyl (C=O) groups excluding carboxylic acids is 1. The maximum atomic E-state index is 11.7. The fraction of sp³-hybridized carbons (Fsp3) is 0.400. The van der Waals surface area contributed by atoms with Gasteiger partial charge in [-0.1, -0.05) is 26.0 Å². The van der Waals surface area contributed by atoms with Gasteiger partial charge in [-0.3, -0.25) is 14.9 Å². The van der Waals surface area contributed by atoms with Crippen LogP contribution in [0.25, 0.3) is 6.08 Å². The van der Waals surface area contributed by atoms with Crippen LogP contribution in [-0.2, 0) is 4.79 Å². The summed E-state index contributed by atoms with van der Waals surface area (Å²) in [6.07, 6.45) is 3.70. The Labute approximate surface area is 123 Å². The Morgan fingerprint density at radius 2 is 2.00 bits per heavy atom. The highest BCUT2D eigenvalue weighted by molar-refractivity contribution is 5.92. The number of nitrogens with one attached hydrogen (secondary N) is 1. The lowest BCUT2D eigenvalue weighted by atomic mass is 9.98. The van der Waals surface area contributed by atoms with Gasteiger partial charge in [0, 0.05) is 18.7 Å². The van der Waals surface area contributed by atoms with Gasteiger partial charge in [-0.25, -0.2) is 0 Å². The molecular weight excluding hydrogens is 272 g/mol. The predicted octanol–water partition coefficient (Wildman–Crippen LogP) is 2.28. The number of aliphatic hydroxyl groups is 1. The van der Waals surface area contributed by atoms with Crippen molar-refractivity contribution in [1.82, 2.24) is 5.32 Å². The molecule has 1 rings (SSSR count). The molecule has 0 radical (unpaired) electrons. The average Bonchev–Trinajstić information content (AvgIpc) is 2.50. The first-order valence-corrected chi connectivity index (χ1v) is 6.83. The first-order chi connectivity index (χ1) is 9.91. The molecule has 0 aliphatic rings. The molecule has 6 heteroatoms. The van der Waals surface area contributed by atoms with E-state index < -0.39 is 16.4 Å². The van der Waals surface area contributed by atoms with Crippen molar-refractivity contribution >= 4 is 17.7 Å². The molecule has 0 saturated carbocycles. The van der Waals surface area contributed by atoms with Crippen molar-refractivity contribution in [3.63, 3.8) is 0 Å². The van der Waals surface area contributed by atoms with Crippen LogP contribution in [0.1, 0.15) is 32.3 Å². The maximum absolute atomic E-state index is 11.7. The molecule has 1 aromatic carbocycles. The van der Waals surface area contributed by atoms with Crippen LogP contribution in [0.3, 0.4) is 0 Å². The summed E-state index contributed by atoms with van der Waals surface area (Å²) in [6, 6.07) is 6.18. The zero-order valence-corrected chi connectivity index (χ0v) is 12.2. The number of nitro benzene ring substituents is 1. The summed E-state index contributed by atoms with van der Waals surface area (Å²) >= 11 is 0. The SMILES string of the molecule is CCC(O)(CC)CNC(=O)C=Cc1ccccc1[N+](=O)[O-]. The van der Waals surface area contributed by atoms with Crippen LogP contribution in [0.4, 0.5) is 5.69 Å². The third kappa shape index (κ3) is 5.00. The van der Waals surface area contributed by atoms with Crippen LogP contribution in [0, 0.1) is 10.1 Å². The standard InChI is InChI=1S/C15H20N2O4/c1-3-15(19,4-2)11-16-14(18)10-9-12-7-5-6-8-13(12)17(20)21/h5-10,19H,3-4,11H2,1-2H3,(H,16,18). The van der Waals surface area contributed by atoms with Crippen LogP contribution in [0.15, 0.2) is 30.3 Å². The molecule has 1 amide bonds. The first kappa shape index (κ1) is 16.8. The number of hydrogen-bond donors (Lipinski definition) is 2. The second kappa shape index (κ2) is 7.54. The Morgan fingerprint density at radius 1 is 1.38 bits per heavy atom. The Balaban J connectivity index is 2.69. The van der Waals surface area contributed by atoms with Crippen molar-refractivity contribution in [1.29, 1.82) is 0 Å². The largest absolute Gasteiger partial charge is 0.388 e. The van der Waals surface area contributed by atoms with Gasteiger partial charge in [-0.15, -0.1) is 0 Å². The van der Waals surface area contributed by atoms with Gasteiger partial charge in [0.25, 0.3) is 5.69 Å². The van der Waals surface area contributed by atoms with Gasteiger partial charge in [0.05, 0.1) is 16.1 Å². The van der Waals surface area contributed by atoms with E-state index in [0.29, 0.717) is 18.4 Å². The molecule has 0 spiro atoms. The Morgan fingerprint density at radius 3 is 2.57 bits per heavy atom. The second-order valence-corrected chi connectivity index (χ2v) is 4.80. The van der Waals surface area contributed by atoms with E-state index in [2.05, 4.69) is 5.32 Å². The summed E-state index contributed by atoms with van der Waals surface area (Å²) in [5.41, 5.74) is -0.610. The van der Waals surface area contributed by atoms with E-state index in [9.17, 15) is 20.0 Å². The molecule has 0 atom stereocenters. The normalized spacial score (nSPS) is 11.6. The van der Waals surface area contributed by atoms with Crippen molar-refractivity contribution in [3.8, 4) is 0 Å². The molecule has 0 heterocycles. The fourth-order valence-electron chi connectivity index (χ4n) is 1.77. The van der Waals surface area contributed by atoms with Crippen LogP contribution in [-0.4, -0.2) is 28.1 Å². The van der Waals surface area contributed by atoms with Crippen LogP contribution in [0.2, 0.25) is 0 Å². The predicted molar refractivity (Wildman–Crippen MR) is 80.7 cm³/mol. The van der Waals surface area contributed by atoms with Gasteiger partial charge in [-0.05, 0) is 25.0 Å². The van der Waals surface area contributed by atoms with Gasteiger partial charge in [0.1, 0.15) is 0 Å². The Kier molecular flexibility index (Phi) is 6.05. The number of benzene rings is 1. The molecule has 114 valence electrons. The number of para-hydroxylation sites is 1. The van der Waals surface area contributed by atoms with E-state index in [0.717, 1.165) is 0 Å². The monoisotopic (exact) mass is 292 g/mol.